The molecule has 0 saturated heterocycles. The molecule has 2 aromatic rings. The van der Waals surface area contributed by atoms with Crippen molar-refractivity contribution in [2.75, 3.05) is 0 Å². The smallest absolute Gasteiger partial charge is 0.406 e. The quantitative estimate of drug-likeness (QED) is 0.799. The second-order valence-corrected chi connectivity index (χ2v) is 3.70. The first-order chi connectivity index (χ1) is 8.98. The minimum Gasteiger partial charge on any atom is -0.406 e. The zero-order valence-corrected chi connectivity index (χ0v) is 9.52. The van der Waals surface area contributed by atoms with E-state index in [4.69, 9.17) is 0 Å². The molecule has 0 atom stereocenters. The standard InChI is InChI=1S/C13H8F3NO2/c14-13(15,16)19-12-3-1-2-10(5-12)11-4-9(8-18)6-17-7-11/h1-8H. The maximum Gasteiger partial charge on any atom is 0.573 e. The van der Waals surface area contributed by atoms with Crippen molar-refractivity contribution in [2.24, 2.45) is 0 Å². The molecule has 0 radical (unpaired) electrons. The Morgan fingerprint density at radius 2 is 1.89 bits per heavy atom. The number of halogens is 3. The molecule has 3 nitrogen and oxygen atoms in total. The highest BCUT2D eigenvalue weighted by molar-refractivity contribution is 5.78. The van der Waals surface area contributed by atoms with Gasteiger partial charge in [0.1, 0.15) is 5.75 Å². The van der Waals surface area contributed by atoms with Gasteiger partial charge in [-0.1, -0.05) is 12.1 Å². The Morgan fingerprint density at radius 3 is 2.58 bits per heavy atom. The van der Waals surface area contributed by atoms with Gasteiger partial charge in [-0.3, -0.25) is 9.78 Å². The molecule has 19 heavy (non-hydrogen) atoms. The normalized spacial score (nSPS) is 11.1. The van der Waals surface area contributed by atoms with Crippen LogP contribution in [0, 0.1) is 0 Å². The predicted molar refractivity (Wildman–Crippen MR) is 61.7 cm³/mol. The molecule has 0 aliphatic carbocycles. The summed E-state index contributed by atoms with van der Waals surface area (Å²) in [7, 11) is 0. The number of aldehydes is 1. The summed E-state index contributed by atoms with van der Waals surface area (Å²) in [6, 6.07) is 7.01. The van der Waals surface area contributed by atoms with E-state index in [1.165, 1.54) is 36.7 Å². The first kappa shape index (κ1) is 13.1. The molecule has 0 aliphatic heterocycles. The summed E-state index contributed by atoms with van der Waals surface area (Å²) in [6.07, 6.45) is -1.29. The molecule has 0 N–H and O–H groups in total. The maximum absolute atomic E-state index is 12.1. The number of carbonyl (C=O) groups excluding carboxylic acids is 1. The van der Waals surface area contributed by atoms with Crippen molar-refractivity contribution in [2.45, 2.75) is 6.36 Å². The van der Waals surface area contributed by atoms with E-state index in [1.807, 2.05) is 0 Å². The topological polar surface area (TPSA) is 39.2 Å². The van der Waals surface area contributed by atoms with Gasteiger partial charge in [-0.05, 0) is 23.8 Å². The molecule has 0 saturated carbocycles. The van der Waals surface area contributed by atoms with E-state index in [0.29, 0.717) is 23.0 Å². The van der Waals surface area contributed by atoms with Gasteiger partial charge in [0.15, 0.2) is 6.29 Å². The van der Waals surface area contributed by atoms with Crippen molar-refractivity contribution in [1.82, 2.24) is 4.98 Å². The number of nitrogens with zero attached hydrogens (tertiary/aromatic N) is 1. The van der Waals surface area contributed by atoms with Crippen molar-refractivity contribution in [3.8, 4) is 16.9 Å². The molecule has 98 valence electrons. The first-order valence-electron chi connectivity index (χ1n) is 5.24. The van der Waals surface area contributed by atoms with Crippen LogP contribution in [0.2, 0.25) is 0 Å². The number of ether oxygens (including phenoxy) is 1. The molecular weight excluding hydrogens is 259 g/mol. The van der Waals surface area contributed by atoms with Crippen molar-refractivity contribution in [3.05, 3.63) is 48.3 Å². The summed E-state index contributed by atoms with van der Waals surface area (Å²) < 4.78 is 40.2. The van der Waals surface area contributed by atoms with Crippen LogP contribution in [0.1, 0.15) is 10.4 Å². The van der Waals surface area contributed by atoms with Gasteiger partial charge >= 0.3 is 6.36 Å². The molecule has 1 aromatic heterocycles. The summed E-state index contributed by atoms with van der Waals surface area (Å²) in [4.78, 5) is 14.5. The summed E-state index contributed by atoms with van der Waals surface area (Å²) in [5, 5.41) is 0. The van der Waals surface area contributed by atoms with Crippen LogP contribution < -0.4 is 4.74 Å². The highest BCUT2D eigenvalue weighted by Crippen LogP contribution is 2.27. The Kier molecular flexibility index (Phi) is 3.50. The average Bonchev–Trinajstić information content (AvgIpc) is 2.37. The molecule has 0 unspecified atom stereocenters. The zero-order chi connectivity index (χ0) is 13.9. The van der Waals surface area contributed by atoms with E-state index in [0.717, 1.165) is 0 Å². The first-order valence-corrected chi connectivity index (χ1v) is 5.24. The number of carbonyl (C=O) groups is 1. The number of alkyl halides is 3. The van der Waals surface area contributed by atoms with Crippen LogP contribution in [0.25, 0.3) is 11.1 Å². The van der Waals surface area contributed by atoms with Crippen molar-refractivity contribution < 1.29 is 22.7 Å². The lowest BCUT2D eigenvalue weighted by Gasteiger charge is -2.10. The fourth-order valence-corrected chi connectivity index (χ4v) is 1.55. The fraction of sp³-hybridized carbons (Fsp3) is 0.0769. The van der Waals surface area contributed by atoms with Gasteiger partial charge in [-0.15, -0.1) is 13.2 Å². The molecule has 1 aromatic carbocycles. The molecular formula is C13H8F3NO2. The van der Waals surface area contributed by atoms with Crippen LogP contribution in [-0.4, -0.2) is 17.6 Å². The number of rotatable bonds is 3. The Hall–Kier alpha value is -2.37. The van der Waals surface area contributed by atoms with Gasteiger partial charge in [0.2, 0.25) is 0 Å². The van der Waals surface area contributed by atoms with Gasteiger partial charge in [0.05, 0.1) is 0 Å². The van der Waals surface area contributed by atoms with Crippen molar-refractivity contribution in [1.29, 1.82) is 0 Å². The second kappa shape index (κ2) is 5.09. The Labute approximate surface area is 106 Å². The fourth-order valence-electron chi connectivity index (χ4n) is 1.55. The van der Waals surface area contributed by atoms with E-state index in [-0.39, 0.29) is 5.75 Å². The van der Waals surface area contributed by atoms with E-state index in [9.17, 15) is 18.0 Å². The summed E-state index contributed by atoms with van der Waals surface area (Å²) >= 11 is 0. The largest absolute Gasteiger partial charge is 0.573 e. The summed E-state index contributed by atoms with van der Waals surface area (Å²) in [6.45, 7) is 0. The molecule has 1 heterocycles. The predicted octanol–water partition coefficient (Wildman–Crippen LogP) is 3.46. The Balaban J connectivity index is 2.34. The molecule has 0 bridgehead atoms. The lowest BCUT2D eigenvalue weighted by Crippen LogP contribution is -2.17. The molecule has 0 fully saturated rings. The number of hydrogen-bond acceptors (Lipinski definition) is 3. The highest BCUT2D eigenvalue weighted by Gasteiger charge is 2.31. The Bertz CT molecular complexity index is 596. The monoisotopic (exact) mass is 267 g/mol. The van der Waals surface area contributed by atoms with E-state index < -0.39 is 6.36 Å². The summed E-state index contributed by atoms with van der Waals surface area (Å²) in [5.41, 5.74) is 1.37. The van der Waals surface area contributed by atoms with Crippen molar-refractivity contribution in [3.63, 3.8) is 0 Å². The van der Waals surface area contributed by atoms with Gasteiger partial charge < -0.3 is 4.74 Å². The van der Waals surface area contributed by atoms with Gasteiger partial charge in [-0.2, -0.15) is 0 Å². The van der Waals surface area contributed by atoms with Crippen LogP contribution in [-0.2, 0) is 0 Å². The lowest BCUT2D eigenvalue weighted by atomic mass is 10.1. The minimum absolute atomic E-state index is 0.318. The third kappa shape index (κ3) is 3.54. The zero-order valence-electron chi connectivity index (χ0n) is 9.52. The van der Waals surface area contributed by atoms with Crippen LogP contribution in [0.3, 0.4) is 0 Å². The van der Waals surface area contributed by atoms with E-state index in [2.05, 4.69) is 9.72 Å². The number of benzene rings is 1. The van der Waals surface area contributed by atoms with Gasteiger partial charge in [0.25, 0.3) is 0 Å². The van der Waals surface area contributed by atoms with Crippen LogP contribution in [0.5, 0.6) is 5.75 Å². The van der Waals surface area contributed by atoms with Crippen LogP contribution in [0.4, 0.5) is 13.2 Å². The van der Waals surface area contributed by atoms with Crippen molar-refractivity contribution >= 4 is 6.29 Å². The lowest BCUT2D eigenvalue weighted by molar-refractivity contribution is -0.274. The molecule has 0 spiro atoms. The second-order valence-electron chi connectivity index (χ2n) is 3.70. The SMILES string of the molecule is O=Cc1cncc(-c2cccc(OC(F)(F)F)c2)c1. The summed E-state index contributed by atoms with van der Waals surface area (Å²) in [5.74, 6) is -0.318. The highest BCUT2D eigenvalue weighted by atomic mass is 19.4. The number of pyridine rings is 1. The average molecular weight is 267 g/mol. The van der Waals surface area contributed by atoms with Gasteiger partial charge in [0, 0.05) is 23.5 Å². The van der Waals surface area contributed by atoms with Gasteiger partial charge in [-0.25, -0.2) is 0 Å². The number of aromatic nitrogens is 1. The third-order valence-electron chi connectivity index (χ3n) is 2.30. The molecule has 2 rings (SSSR count). The third-order valence-corrected chi connectivity index (χ3v) is 2.30. The van der Waals surface area contributed by atoms with E-state index >= 15 is 0 Å². The molecule has 0 amide bonds. The maximum atomic E-state index is 12.1. The molecule has 6 heteroatoms. The van der Waals surface area contributed by atoms with Crippen LogP contribution in [0.15, 0.2) is 42.7 Å². The Morgan fingerprint density at radius 1 is 1.11 bits per heavy atom. The molecule has 0 aliphatic rings. The minimum atomic E-state index is -4.73. The van der Waals surface area contributed by atoms with E-state index in [1.54, 1.807) is 6.07 Å². The number of hydrogen-bond donors (Lipinski definition) is 0. The van der Waals surface area contributed by atoms with Crippen LogP contribution >= 0.6 is 0 Å².